The molecule has 5 heteroatoms. The van der Waals surface area contributed by atoms with Crippen LogP contribution in [0.4, 0.5) is 5.95 Å². The van der Waals surface area contributed by atoms with Crippen LogP contribution in [0.2, 0.25) is 0 Å². The number of hydrogen-bond donors (Lipinski definition) is 2. The van der Waals surface area contributed by atoms with Crippen LogP contribution in [0.5, 0.6) is 0 Å². The molecule has 0 spiro atoms. The van der Waals surface area contributed by atoms with Gasteiger partial charge in [-0.05, 0) is 25.3 Å². The van der Waals surface area contributed by atoms with E-state index in [1.54, 1.807) is 6.20 Å². The zero-order valence-corrected chi connectivity index (χ0v) is 12.4. The molecular formula is C17H20N4O. The summed E-state index contributed by atoms with van der Waals surface area (Å²) in [6, 6.07) is 12.1. The van der Waals surface area contributed by atoms with Gasteiger partial charge in [0.2, 0.25) is 11.9 Å². The van der Waals surface area contributed by atoms with Crippen LogP contribution in [-0.4, -0.2) is 21.9 Å². The number of anilines is 1. The van der Waals surface area contributed by atoms with Gasteiger partial charge in [0.25, 0.3) is 0 Å². The van der Waals surface area contributed by atoms with Gasteiger partial charge in [-0.25, -0.2) is 9.97 Å². The summed E-state index contributed by atoms with van der Waals surface area (Å²) in [6.45, 7) is 0. The minimum Gasteiger partial charge on any atom is -0.369 e. The van der Waals surface area contributed by atoms with Crippen LogP contribution < -0.4 is 11.1 Å². The lowest BCUT2D eigenvalue weighted by Crippen LogP contribution is -2.34. The predicted octanol–water partition coefficient (Wildman–Crippen LogP) is 2.60. The summed E-state index contributed by atoms with van der Waals surface area (Å²) >= 11 is 0. The van der Waals surface area contributed by atoms with Crippen molar-refractivity contribution in [2.75, 3.05) is 5.32 Å². The molecule has 0 saturated heterocycles. The SMILES string of the molecule is NC(=O)C1CCCC(Nc2nccc(-c3ccccc3)n2)C1. The van der Waals surface area contributed by atoms with Crippen LogP contribution >= 0.6 is 0 Å². The van der Waals surface area contributed by atoms with E-state index in [1.807, 2.05) is 36.4 Å². The third-order valence-corrected chi connectivity index (χ3v) is 4.13. The number of rotatable bonds is 4. The molecule has 3 N–H and O–H groups in total. The first kappa shape index (κ1) is 14.5. The van der Waals surface area contributed by atoms with Crippen LogP contribution in [0, 0.1) is 5.92 Å². The van der Waals surface area contributed by atoms with Crippen molar-refractivity contribution < 1.29 is 4.79 Å². The highest BCUT2D eigenvalue weighted by molar-refractivity contribution is 5.76. The second-order valence-corrected chi connectivity index (χ2v) is 5.74. The number of nitrogens with one attached hydrogen (secondary N) is 1. The Morgan fingerprint density at radius 3 is 2.77 bits per heavy atom. The van der Waals surface area contributed by atoms with Gasteiger partial charge in [0.1, 0.15) is 0 Å². The Balaban J connectivity index is 1.72. The number of hydrogen-bond acceptors (Lipinski definition) is 4. The van der Waals surface area contributed by atoms with Crippen molar-refractivity contribution in [3.63, 3.8) is 0 Å². The van der Waals surface area contributed by atoms with Crippen molar-refractivity contribution in [1.82, 2.24) is 9.97 Å². The summed E-state index contributed by atoms with van der Waals surface area (Å²) in [5, 5.41) is 3.35. The number of primary amides is 1. The van der Waals surface area contributed by atoms with E-state index in [9.17, 15) is 4.79 Å². The van der Waals surface area contributed by atoms with Gasteiger partial charge < -0.3 is 11.1 Å². The second kappa shape index (κ2) is 6.56. The van der Waals surface area contributed by atoms with Crippen LogP contribution in [0.1, 0.15) is 25.7 Å². The molecule has 1 aromatic heterocycles. The van der Waals surface area contributed by atoms with Gasteiger partial charge in [-0.15, -0.1) is 0 Å². The molecule has 1 aliphatic rings. The van der Waals surface area contributed by atoms with Crippen LogP contribution in [0.25, 0.3) is 11.3 Å². The van der Waals surface area contributed by atoms with E-state index in [1.165, 1.54) is 0 Å². The molecule has 3 rings (SSSR count). The Morgan fingerprint density at radius 2 is 2.00 bits per heavy atom. The lowest BCUT2D eigenvalue weighted by atomic mass is 9.85. The van der Waals surface area contributed by atoms with Crippen molar-refractivity contribution in [1.29, 1.82) is 0 Å². The molecule has 114 valence electrons. The van der Waals surface area contributed by atoms with E-state index in [0.29, 0.717) is 5.95 Å². The van der Waals surface area contributed by atoms with Gasteiger partial charge >= 0.3 is 0 Å². The summed E-state index contributed by atoms with van der Waals surface area (Å²) in [5.74, 6) is 0.366. The second-order valence-electron chi connectivity index (χ2n) is 5.74. The quantitative estimate of drug-likeness (QED) is 0.908. The lowest BCUT2D eigenvalue weighted by Gasteiger charge is -2.27. The summed E-state index contributed by atoms with van der Waals surface area (Å²) in [5.41, 5.74) is 7.38. The van der Waals surface area contributed by atoms with E-state index in [-0.39, 0.29) is 17.9 Å². The Hall–Kier alpha value is -2.43. The molecule has 22 heavy (non-hydrogen) atoms. The molecule has 1 aliphatic carbocycles. The number of amides is 1. The van der Waals surface area contributed by atoms with Gasteiger partial charge in [-0.2, -0.15) is 0 Å². The van der Waals surface area contributed by atoms with E-state index >= 15 is 0 Å². The average molecular weight is 296 g/mol. The molecule has 1 amide bonds. The molecule has 0 radical (unpaired) electrons. The number of benzene rings is 1. The van der Waals surface area contributed by atoms with E-state index < -0.39 is 0 Å². The topological polar surface area (TPSA) is 80.9 Å². The van der Waals surface area contributed by atoms with Crippen molar-refractivity contribution in [2.24, 2.45) is 11.7 Å². The fraction of sp³-hybridized carbons (Fsp3) is 0.353. The molecule has 0 aliphatic heterocycles. The first-order chi connectivity index (χ1) is 10.7. The standard InChI is InChI=1S/C17H20N4O/c18-16(22)13-7-4-8-14(11-13)20-17-19-10-9-15(21-17)12-5-2-1-3-6-12/h1-3,5-6,9-10,13-14H,4,7-8,11H2,(H2,18,22)(H,19,20,21). The summed E-state index contributed by atoms with van der Waals surface area (Å²) in [7, 11) is 0. The van der Waals surface area contributed by atoms with Crippen LogP contribution in [0.3, 0.4) is 0 Å². The summed E-state index contributed by atoms with van der Waals surface area (Å²) in [4.78, 5) is 20.2. The summed E-state index contributed by atoms with van der Waals surface area (Å²) in [6.07, 6.45) is 5.42. The summed E-state index contributed by atoms with van der Waals surface area (Å²) < 4.78 is 0. The maximum absolute atomic E-state index is 11.4. The van der Waals surface area contributed by atoms with Crippen LogP contribution in [0.15, 0.2) is 42.6 Å². The van der Waals surface area contributed by atoms with Crippen molar-refractivity contribution in [3.05, 3.63) is 42.6 Å². The molecule has 5 nitrogen and oxygen atoms in total. The molecular weight excluding hydrogens is 276 g/mol. The molecule has 1 saturated carbocycles. The Bertz CT molecular complexity index is 644. The maximum atomic E-state index is 11.4. The minimum atomic E-state index is -0.203. The largest absolute Gasteiger partial charge is 0.369 e. The van der Waals surface area contributed by atoms with Crippen molar-refractivity contribution in [3.8, 4) is 11.3 Å². The maximum Gasteiger partial charge on any atom is 0.223 e. The fourth-order valence-corrected chi connectivity index (χ4v) is 2.96. The normalized spacial score (nSPS) is 21.3. The molecule has 0 bridgehead atoms. The molecule has 1 aromatic carbocycles. The Morgan fingerprint density at radius 1 is 1.18 bits per heavy atom. The molecule has 2 atom stereocenters. The van der Waals surface area contributed by atoms with E-state index in [0.717, 1.165) is 36.9 Å². The smallest absolute Gasteiger partial charge is 0.223 e. The van der Waals surface area contributed by atoms with Gasteiger partial charge in [0.15, 0.2) is 0 Å². The first-order valence-electron chi connectivity index (χ1n) is 7.66. The number of nitrogens with two attached hydrogens (primary N) is 1. The zero-order valence-electron chi connectivity index (χ0n) is 12.4. The average Bonchev–Trinajstić information content (AvgIpc) is 2.56. The third kappa shape index (κ3) is 3.42. The highest BCUT2D eigenvalue weighted by Gasteiger charge is 2.26. The first-order valence-corrected chi connectivity index (χ1v) is 7.66. The number of carbonyl (C=O) groups is 1. The third-order valence-electron chi connectivity index (χ3n) is 4.13. The Labute approximate surface area is 130 Å². The Kier molecular flexibility index (Phi) is 4.32. The highest BCUT2D eigenvalue weighted by Crippen LogP contribution is 2.26. The molecule has 1 heterocycles. The molecule has 1 fully saturated rings. The van der Waals surface area contributed by atoms with E-state index in [4.69, 9.17) is 5.73 Å². The lowest BCUT2D eigenvalue weighted by molar-refractivity contribution is -0.122. The van der Waals surface area contributed by atoms with Crippen molar-refractivity contribution in [2.45, 2.75) is 31.7 Å². The number of carbonyl (C=O) groups excluding carboxylic acids is 1. The van der Waals surface area contributed by atoms with Gasteiger partial charge in [0, 0.05) is 23.7 Å². The minimum absolute atomic E-state index is 0.0384. The fourth-order valence-electron chi connectivity index (χ4n) is 2.96. The van der Waals surface area contributed by atoms with E-state index in [2.05, 4.69) is 15.3 Å². The van der Waals surface area contributed by atoms with Gasteiger partial charge in [0.05, 0.1) is 5.69 Å². The van der Waals surface area contributed by atoms with Crippen LogP contribution in [-0.2, 0) is 4.79 Å². The highest BCUT2D eigenvalue weighted by atomic mass is 16.1. The number of aromatic nitrogens is 2. The van der Waals surface area contributed by atoms with Crippen molar-refractivity contribution >= 4 is 11.9 Å². The zero-order chi connectivity index (χ0) is 15.4. The molecule has 2 unspecified atom stereocenters. The van der Waals surface area contributed by atoms with Gasteiger partial charge in [-0.3, -0.25) is 4.79 Å². The monoisotopic (exact) mass is 296 g/mol. The van der Waals surface area contributed by atoms with Gasteiger partial charge in [-0.1, -0.05) is 36.8 Å². The number of nitrogens with zero attached hydrogens (tertiary/aromatic N) is 2. The molecule has 2 aromatic rings. The predicted molar refractivity (Wildman–Crippen MR) is 86.0 cm³/mol.